The van der Waals surface area contributed by atoms with E-state index in [9.17, 15) is 0 Å². The normalized spacial score (nSPS) is 26.4. The molecule has 0 heterocycles. The molecule has 0 aromatic heterocycles. The van der Waals surface area contributed by atoms with Crippen LogP contribution >= 0.6 is 0 Å². The molecule has 0 nitrogen and oxygen atoms in total. The molecule has 0 aromatic carbocycles. The Morgan fingerprint density at radius 2 is 1.73 bits per heavy atom. The molecule has 0 N–H and O–H groups in total. The monoisotopic (exact) mass is 210 g/mol. The maximum atomic E-state index is 2.45. The Bertz CT molecular complexity index is 148. The lowest BCUT2D eigenvalue weighted by Gasteiger charge is -2.14. The van der Waals surface area contributed by atoms with Crippen molar-refractivity contribution in [2.45, 2.75) is 78.6 Å². The van der Waals surface area contributed by atoms with Crippen molar-refractivity contribution in [1.29, 1.82) is 0 Å². The molecule has 0 bridgehead atoms. The van der Waals surface area contributed by atoms with Crippen LogP contribution in [-0.4, -0.2) is 0 Å². The zero-order chi connectivity index (χ0) is 11.1. The molecule has 90 valence electrons. The second kappa shape index (κ2) is 7.30. The van der Waals surface area contributed by atoms with E-state index >= 15 is 0 Å². The van der Waals surface area contributed by atoms with Gasteiger partial charge in [0.2, 0.25) is 0 Å². The van der Waals surface area contributed by atoms with Gasteiger partial charge in [-0.15, -0.1) is 0 Å². The van der Waals surface area contributed by atoms with E-state index in [1.165, 1.54) is 57.8 Å². The quantitative estimate of drug-likeness (QED) is 0.492. The smallest absolute Gasteiger partial charge is 0.0388 e. The molecule has 0 saturated heterocycles. The number of hydrogen-bond acceptors (Lipinski definition) is 0. The van der Waals surface area contributed by atoms with Crippen LogP contribution in [-0.2, 0) is 0 Å². The van der Waals surface area contributed by atoms with Gasteiger partial charge in [-0.2, -0.15) is 0 Å². The topological polar surface area (TPSA) is 0 Å². The van der Waals surface area contributed by atoms with Crippen LogP contribution in [0.4, 0.5) is 0 Å². The van der Waals surface area contributed by atoms with E-state index in [0.717, 1.165) is 17.8 Å². The highest BCUT2D eigenvalue weighted by molar-refractivity contribution is 4.73. The molecule has 0 amide bonds. The van der Waals surface area contributed by atoms with Crippen molar-refractivity contribution in [3.05, 3.63) is 0 Å². The van der Waals surface area contributed by atoms with Crippen molar-refractivity contribution in [3.8, 4) is 0 Å². The van der Waals surface area contributed by atoms with E-state index in [4.69, 9.17) is 0 Å². The number of unbranched alkanes of at least 4 members (excludes halogenated alkanes) is 3. The fraction of sp³-hybridized carbons (Fsp3) is 1.00. The molecule has 2 atom stereocenters. The van der Waals surface area contributed by atoms with Crippen molar-refractivity contribution in [2.75, 3.05) is 0 Å². The van der Waals surface area contributed by atoms with Gasteiger partial charge < -0.3 is 0 Å². The second-order valence-corrected chi connectivity index (χ2v) is 6.05. The summed E-state index contributed by atoms with van der Waals surface area (Å²) in [5.74, 6) is 3.01. The predicted molar refractivity (Wildman–Crippen MR) is 69.0 cm³/mol. The van der Waals surface area contributed by atoms with Crippen molar-refractivity contribution in [2.24, 2.45) is 17.8 Å². The highest BCUT2D eigenvalue weighted by Gasteiger charge is 2.22. The Morgan fingerprint density at radius 1 is 1.00 bits per heavy atom. The Balaban J connectivity index is 1.88. The molecule has 0 aliphatic heterocycles. The van der Waals surface area contributed by atoms with Crippen LogP contribution in [0, 0.1) is 17.8 Å². The Kier molecular flexibility index (Phi) is 6.36. The van der Waals surface area contributed by atoms with E-state index in [1.807, 2.05) is 0 Å². The molecule has 2 unspecified atom stereocenters. The summed E-state index contributed by atoms with van der Waals surface area (Å²) in [4.78, 5) is 0. The van der Waals surface area contributed by atoms with Crippen LogP contribution in [0.1, 0.15) is 78.6 Å². The van der Waals surface area contributed by atoms with Gasteiger partial charge in [0.1, 0.15) is 0 Å². The molecule has 1 rings (SSSR count). The van der Waals surface area contributed by atoms with Crippen molar-refractivity contribution >= 4 is 0 Å². The summed E-state index contributed by atoms with van der Waals surface area (Å²) in [6, 6.07) is 0. The zero-order valence-electron chi connectivity index (χ0n) is 11.1. The van der Waals surface area contributed by atoms with Gasteiger partial charge in [-0.05, 0) is 17.8 Å². The van der Waals surface area contributed by atoms with Gasteiger partial charge in [-0.1, -0.05) is 78.6 Å². The predicted octanol–water partition coefficient (Wildman–Crippen LogP) is 5.42. The minimum absolute atomic E-state index is 0.903. The summed E-state index contributed by atoms with van der Waals surface area (Å²) >= 11 is 0. The lowest BCUT2D eigenvalue weighted by atomic mass is 9.92. The first kappa shape index (κ1) is 13.1. The molecule has 1 aliphatic carbocycles. The molecule has 1 saturated carbocycles. The van der Waals surface area contributed by atoms with E-state index in [0.29, 0.717) is 0 Å². The molecule has 15 heavy (non-hydrogen) atoms. The third-order valence-electron chi connectivity index (χ3n) is 4.15. The Labute approximate surface area is 96.8 Å². The van der Waals surface area contributed by atoms with E-state index in [1.54, 1.807) is 0 Å². The summed E-state index contributed by atoms with van der Waals surface area (Å²) in [6.45, 7) is 7.12. The summed E-state index contributed by atoms with van der Waals surface area (Å²) in [5.41, 5.74) is 0. The standard InChI is InChI=1S/C15H30/c1-13(2)9-6-4-5-7-11-15-12-8-10-14(15)3/h13-15H,4-12H2,1-3H3. The van der Waals surface area contributed by atoms with Crippen LogP contribution in [0.25, 0.3) is 0 Å². The maximum absolute atomic E-state index is 2.45. The molecule has 0 aromatic rings. The molecular formula is C15H30. The SMILES string of the molecule is CC(C)CCCCCCC1CCCC1C. The number of hydrogen-bond donors (Lipinski definition) is 0. The first-order chi connectivity index (χ1) is 7.20. The zero-order valence-corrected chi connectivity index (χ0v) is 11.1. The van der Waals surface area contributed by atoms with Gasteiger partial charge in [-0.25, -0.2) is 0 Å². The average Bonchev–Trinajstić information content (AvgIpc) is 2.57. The van der Waals surface area contributed by atoms with Crippen molar-refractivity contribution in [3.63, 3.8) is 0 Å². The van der Waals surface area contributed by atoms with Crippen LogP contribution in [0.15, 0.2) is 0 Å². The second-order valence-electron chi connectivity index (χ2n) is 6.05. The van der Waals surface area contributed by atoms with Gasteiger partial charge in [0, 0.05) is 0 Å². The fourth-order valence-corrected chi connectivity index (χ4v) is 2.96. The summed E-state index contributed by atoms with van der Waals surface area (Å²) in [5, 5.41) is 0. The van der Waals surface area contributed by atoms with Crippen LogP contribution < -0.4 is 0 Å². The van der Waals surface area contributed by atoms with Crippen LogP contribution in [0.5, 0.6) is 0 Å². The average molecular weight is 210 g/mol. The highest BCUT2D eigenvalue weighted by atomic mass is 14.3. The maximum Gasteiger partial charge on any atom is -0.0388 e. The third kappa shape index (κ3) is 5.58. The minimum Gasteiger partial charge on any atom is -0.0628 e. The first-order valence-corrected chi connectivity index (χ1v) is 7.20. The molecule has 1 aliphatic rings. The van der Waals surface area contributed by atoms with Gasteiger partial charge in [0.05, 0.1) is 0 Å². The van der Waals surface area contributed by atoms with Gasteiger partial charge in [0.15, 0.2) is 0 Å². The van der Waals surface area contributed by atoms with Crippen molar-refractivity contribution in [1.82, 2.24) is 0 Å². The van der Waals surface area contributed by atoms with Crippen molar-refractivity contribution < 1.29 is 0 Å². The summed E-state index contributed by atoms with van der Waals surface area (Å²) in [7, 11) is 0. The summed E-state index contributed by atoms with van der Waals surface area (Å²) in [6.07, 6.45) is 13.4. The van der Waals surface area contributed by atoms with Gasteiger partial charge in [0.25, 0.3) is 0 Å². The van der Waals surface area contributed by atoms with Gasteiger partial charge in [-0.3, -0.25) is 0 Å². The fourth-order valence-electron chi connectivity index (χ4n) is 2.96. The minimum atomic E-state index is 0.903. The van der Waals surface area contributed by atoms with E-state index in [-0.39, 0.29) is 0 Å². The largest absolute Gasteiger partial charge is 0.0628 e. The van der Waals surface area contributed by atoms with E-state index in [2.05, 4.69) is 20.8 Å². The van der Waals surface area contributed by atoms with E-state index < -0.39 is 0 Å². The molecule has 0 heteroatoms. The molecule has 0 radical (unpaired) electrons. The van der Waals surface area contributed by atoms with Crippen LogP contribution in [0.2, 0.25) is 0 Å². The third-order valence-corrected chi connectivity index (χ3v) is 4.15. The highest BCUT2D eigenvalue weighted by Crippen LogP contribution is 2.34. The number of rotatable bonds is 7. The van der Waals surface area contributed by atoms with Crippen LogP contribution in [0.3, 0.4) is 0 Å². The molecule has 1 fully saturated rings. The molecule has 0 spiro atoms. The summed E-state index contributed by atoms with van der Waals surface area (Å²) < 4.78 is 0. The lowest BCUT2D eigenvalue weighted by Crippen LogP contribution is -2.03. The van der Waals surface area contributed by atoms with Gasteiger partial charge >= 0.3 is 0 Å². The Hall–Kier alpha value is 0. The molecular weight excluding hydrogens is 180 g/mol. The lowest BCUT2D eigenvalue weighted by molar-refractivity contribution is 0.372. The first-order valence-electron chi connectivity index (χ1n) is 7.20. The Morgan fingerprint density at radius 3 is 2.33 bits per heavy atom.